The zero-order valence-electron chi connectivity index (χ0n) is 13.0. The number of ketones is 1. The van der Waals surface area contributed by atoms with Gasteiger partial charge in [-0.3, -0.25) is 4.79 Å². The maximum Gasteiger partial charge on any atom is 0.226 e. The van der Waals surface area contributed by atoms with Gasteiger partial charge in [0.2, 0.25) is 5.89 Å². The van der Waals surface area contributed by atoms with Crippen molar-refractivity contribution in [2.45, 2.75) is 46.4 Å². The van der Waals surface area contributed by atoms with Crippen LogP contribution in [0.2, 0.25) is 0 Å². The molecule has 0 N–H and O–H groups in total. The number of nitrogens with zero attached hydrogens (tertiary/aromatic N) is 3. The molecule has 2 heterocycles. The van der Waals surface area contributed by atoms with Gasteiger partial charge in [0.05, 0.1) is 11.5 Å². The lowest BCUT2D eigenvalue weighted by Crippen LogP contribution is -2.06. The Labute approximate surface area is 129 Å². The summed E-state index contributed by atoms with van der Waals surface area (Å²) in [5, 5.41) is 3.88. The predicted octanol–water partition coefficient (Wildman–Crippen LogP) is 3.19. The van der Waals surface area contributed by atoms with Crippen molar-refractivity contribution >= 4 is 17.5 Å². The van der Waals surface area contributed by atoms with Crippen molar-refractivity contribution in [3.05, 3.63) is 34.7 Å². The normalized spacial score (nSPS) is 11.0. The van der Waals surface area contributed by atoms with Gasteiger partial charge in [0.25, 0.3) is 0 Å². The molecule has 0 aliphatic heterocycles. The van der Waals surface area contributed by atoms with Crippen LogP contribution in [0.1, 0.15) is 47.3 Å². The molecule has 0 unspecified atom stereocenters. The fraction of sp³-hybridized carbons (Fsp3) is 0.533. The molecular weight excluding hydrogens is 286 g/mol. The van der Waals surface area contributed by atoms with E-state index in [1.807, 2.05) is 26.8 Å². The van der Waals surface area contributed by atoms with E-state index in [0.717, 1.165) is 29.9 Å². The summed E-state index contributed by atoms with van der Waals surface area (Å²) < 4.78 is 7.20. The van der Waals surface area contributed by atoms with Crippen molar-refractivity contribution in [1.29, 1.82) is 0 Å². The lowest BCUT2D eigenvalue weighted by molar-refractivity contribution is 0.102. The fourth-order valence-corrected chi connectivity index (χ4v) is 3.12. The van der Waals surface area contributed by atoms with Crippen LogP contribution < -0.4 is 0 Å². The summed E-state index contributed by atoms with van der Waals surface area (Å²) in [5.74, 6) is 2.49. The quantitative estimate of drug-likeness (QED) is 0.735. The van der Waals surface area contributed by atoms with Crippen molar-refractivity contribution in [3.8, 4) is 0 Å². The van der Waals surface area contributed by atoms with Crippen LogP contribution in [0, 0.1) is 13.8 Å². The molecule has 0 atom stereocenters. The smallest absolute Gasteiger partial charge is 0.226 e. The molecule has 0 saturated carbocycles. The van der Waals surface area contributed by atoms with E-state index >= 15 is 0 Å². The summed E-state index contributed by atoms with van der Waals surface area (Å²) in [6.07, 6.45) is 0.736. The fourth-order valence-electron chi connectivity index (χ4n) is 2.38. The SMILES string of the molecule is CCc1nc(CSCC(=O)c2cc(C)n(CC)c2C)no1. The van der Waals surface area contributed by atoms with Gasteiger partial charge in [-0.2, -0.15) is 4.98 Å². The van der Waals surface area contributed by atoms with Crippen molar-refractivity contribution in [2.75, 3.05) is 5.75 Å². The van der Waals surface area contributed by atoms with Crippen LogP contribution in [0.25, 0.3) is 0 Å². The molecule has 0 fully saturated rings. The van der Waals surface area contributed by atoms with E-state index in [2.05, 4.69) is 21.6 Å². The lowest BCUT2D eigenvalue weighted by atomic mass is 10.2. The van der Waals surface area contributed by atoms with Crippen LogP contribution in [0.4, 0.5) is 0 Å². The molecule has 0 amide bonds. The summed E-state index contributed by atoms with van der Waals surface area (Å²) in [4.78, 5) is 16.5. The Hall–Kier alpha value is -1.56. The number of hydrogen-bond acceptors (Lipinski definition) is 5. The van der Waals surface area contributed by atoms with Crippen molar-refractivity contribution in [1.82, 2.24) is 14.7 Å². The molecule has 0 bridgehead atoms. The summed E-state index contributed by atoms with van der Waals surface area (Å²) in [6, 6.07) is 1.98. The van der Waals surface area contributed by atoms with Crippen LogP contribution in [-0.4, -0.2) is 26.2 Å². The van der Waals surface area contributed by atoms with Crippen molar-refractivity contribution < 1.29 is 9.32 Å². The van der Waals surface area contributed by atoms with E-state index in [9.17, 15) is 4.79 Å². The zero-order chi connectivity index (χ0) is 15.4. The van der Waals surface area contributed by atoms with Crippen molar-refractivity contribution in [3.63, 3.8) is 0 Å². The van der Waals surface area contributed by atoms with E-state index < -0.39 is 0 Å². The molecule has 2 rings (SSSR count). The molecule has 0 spiro atoms. The minimum atomic E-state index is 0.159. The Bertz CT molecular complexity index is 631. The maximum absolute atomic E-state index is 12.3. The third kappa shape index (κ3) is 3.56. The van der Waals surface area contributed by atoms with Gasteiger partial charge in [-0.1, -0.05) is 12.1 Å². The number of aromatic nitrogens is 3. The average Bonchev–Trinajstić information content (AvgIpc) is 3.03. The molecule has 0 saturated heterocycles. The Kier molecular flexibility index (Phi) is 5.22. The first-order valence-corrected chi connectivity index (χ1v) is 8.31. The molecule has 0 aromatic carbocycles. The molecule has 0 aliphatic rings. The number of carbonyl (C=O) groups excluding carboxylic acids is 1. The minimum Gasteiger partial charge on any atom is -0.349 e. The van der Waals surface area contributed by atoms with Gasteiger partial charge >= 0.3 is 0 Å². The second kappa shape index (κ2) is 6.93. The Morgan fingerprint density at radius 2 is 2.14 bits per heavy atom. The Morgan fingerprint density at radius 1 is 1.38 bits per heavy atom. The van der Waals surface area contributed by atoms with E-state index in [1.54, 1.807) is 0 Å². The molecule has 114 valence electrons. The van der Waals surface area contributed by atoms with E-state index in [1.165, 1.54) is 11.8 Å². The van der Waals surface area contributed by atoms with Crippen LogP contribution in [0.5, 0.6) is 0 Å². The second-order valence-corrected chi connectivity index (χ2v) is 5.89. The number of Topliss-reactive ketones (excluding diaryl/α,β-unsaturated/α-hetero) is 1. The molecule has 5 nitrogen and oxygen atoms in total. The lowest BCUT2D eigenvalue weighted by Gasteiger charge is -2.05. The van der Waals surface area contributed by atoms with Gasteiger partial charge in [-0.25, -0.2) is 0 Å². The Morgan fingerprint density at radius 3 is 2.71 bits per heavy atom. The molecular formula is C15H21N3O2S. The summed E-state index contributed by atoms with van der Waals surface area (Å²) in [7, 11) is 0. The number of rotatable bonds is 7. The molecule has 2 aromatic rings. The molecule has 0 aliphatic carbocycles. The topological polar surface area (TPSA) is 60.9 Å². The molecule has 0 radical (unpaired) electrons. The van der Waals surface area contributed by atoms with Gasteiger partial charge in [0, 0.05) is 29.9 Å². The highest BCUT2D eigenvalue weighted by Crippen LogP contribution is 2.18. The monoisotopic (exact) mass is 307 g/mol. The van der Waals surface area contributed by atoms with E-state index in [4.69, 9.17) is 4.52 Å². The summed E-state index contributed by atoms with van der Waals surface area (Å²) >= 11 is 1.52. The number of thioether (sulfide) groups is 1. The summed E-state index contributed by atoms with van der Waals surface area (Å²) in [5.41, 5.74) is 3.01. The van der Waals surface area contributed by atoms with E-state index in [-0.39, 0.29) is 5.78 Å². The zero-order valence-corrected chi connectivity index (χ0v) is 13.8. The first kappa shape index (κ1) is 15.8. The summed E-state index contributed by atoms with van der Waals surface area (Å²) in [6.45, 7) is 8.98. The Balaban J connectivity index is 1.93. The van der Waals surface area contributed by atoms with E-state index in [0.29, 0.717) is 23.2 Å². The first-order chi connectivity index (χ1) is 10.1. The third-order valence-corrected chi connectivity index (χ3v) is 4.40. The average molecular weight is 307 g/mol. The number of hydrogen-bond donors (Lipinski definition) is 0. The van der Waals surface area contributed by atoms with Crippen molar-refractivity contribution in [2.24, 2.45) is 0 Å². The third-order valence-electron chi connectivity index (χ3n) is 3.47. The van der Waals surface area contributed by atoms with Crippen LogP contribution in [0.3, 0.4) is 0 Å². The molecule has 2 aromatic heterocycles. The minimum absolute atomic E-state index is 0.159. The standard InChI is InChI=1S/C15H21N3O2S/c1-5-15-16-14(17-20-15)9-21-8-13(19)12-7-10(3)18(6-2)11(12)4/h7H,5-6,8-9H2,1-4H3. The van der Waals surface area contributed by atoms with Crippen LogP contribution >= 0.6 is 11.8 Å². The highest BCUT2D eigenvalue weighted by molar-refractivity contribution is 7.99. The predicted molar refractivity (Wildman–Crippen MR) is 83.7 cm³/mol. The van der Waals surface area contributed by atoms with Crippen LogP contribution in [0.15, 0.2) is 10.6 Å². The largest absolute Gasteiger partial charge is 0.349 e. The first-order valence-electron chi connectivity index (χ1n) is 7.15. The molecule has 6 heteroatoms. The van der Waals surface area contributed by atoms with Gasteiger partial charge in [-0.15, -0.1) is 11.8 Å². The number of aryl methyl sites for hydroxylation is 2. The van der Waals surface area contributed by atoms with Gasteiger partial charge in [0.15, 0.2) is 11.6 Å². The van der Waals surface area contributed by atoms with Gasteiger partial charge in [-0.05, 0) is 26.8 Å². The highest BCUT2D eigenvalue weighted by Gasteiger charge is 2.15. The second-order valence-electron chi connectivity index (χ2n) is 4.90. The van der Waals surface area contributed by atoms with Gasteiger partial charge < -0.3 is 9.09 Å². The maximum atomic E-state index is 12.3. The van der Waals surface area contributed by atoms with Crippen LogP contribution in [-0.2, 0) is 18.7 Å². The molecule has 21 heavy (non-hydrogen) atoms. The highest BCUT2D eigenvalue weighted by atomic mass is 32.2. The van der Waals surface area contributed by atoms with Gasteiger partial charge in [0.1, 0.15) is 0 Å². The number of carbonyl (C=O) groups is 1.